The monoisotopic (exact) mass is 493 g/mol. The Morgan fingerprint density at radius 3 is 2.00 bits per heavy atom. The number of hydrogen-bond acceptors (Lipinski definition) is 4. The van der Waals surface area contributed by atoms with E-state index < -0.39 is 0 Å². The smallest absolute Gasteiger partial charge is 0.315 e. The van der Waals surface area contributed by atoms with E-state index in [1.165, 1.54) is 0 Å². The second kappa shape index (κ2) is 11.3. The van der Waals surface area contributed by atoms with Crippen LogP contribution in [0.1, 0.15) is 42.9 Å². The van der Waals surface area contributed by atoms with Crippen molar-refractivity contribution in [1.29, 1.82) is 0 Å². The van der Waals surface area contributed by atoms with Crippen molar-refractivity contribution in [3.8, 4) is 0 Å². The average molecular weight is 494 g/mol. The van der Waals surface area contributed by atoms with Crippen LogP contribution in [-0.2, 0) is 0 Å². The Morgan fingerprint density at radius 2 is 1.38 bits per heavy atom. The molecule has 4 aromatic rings. The molecule has 3 N–H and O–H groups in total. The van der Waals surface area contributed by atoms with Gasteiger partial charge in [0.15, 0.2) is 0 Å². The number of nitrogens with one attached hydrogen (secondary N) is 3. The number of urea groups is 1. The van der Waals surface area contributed by atoms with Gasteiger partial charge in [-0.05, 0) is 42.9 Å². The van der Waals surface area contributed by atoms with E-state index in [1.807, 2.05) is 42.5 Å². The third-order valence-electron chi connectivity index (χ3n) is 7.13. The molecule has 1 aliphatic carbocycles. The number of carbonyl (C=O) groups excluding carboxylic acids is 1. The number of amides is 2. The highest BCUT2D eigenvalue weighted by molar-refractivity contribution is 5.93. The summed E-state index contributed by atoms with van der Waals surface area (Å²) in [6.07, 6.45) is 3.83. The van der Waals surface area contributed by atoms with Crippen LogP contribution in [0.3, 0.4) is 0 Å². The van der Waals surface area contributed by atoms with Crippen LogP contribution in [0.5, 0.6) is 0 Å². The molecule has 5 rings (SSSR count). The fraction of sp³-hybridized carbons (Fsp3) is 0.290. The molecule has 37 heavy (non-hydrogen) atoms. The minimum absolute atomic E-state index is 0.124. The molecule has 1 fully saturated rings. The van der Waals surface area contributed by atoms with Crippen LogP contribution in [0.4, 0.5) is 16.3 Å². The molecule has 0 saturated heterocycles. The van der Waals surface area contributed by atoms with Crippen molar-refractivity contribution in [3.63, 3.8) is 0 Å². The molecular formula is C31H35N5O. The van der Waals surface area contributed by atoms with E-state index in [-0.39, 0.29) is 18.1 Å². The van der Waals surface area contributed by atoms with Crippen molar-refractivity contribution in [3.05, 3.63) is 102 Å². The van der Waals surface area contributed by atoms with Crippen LogP contribution in [-0.4, -0.2) is 37.2 Å². The number of nitrogens with zero attached hydrogens (tertiary/aromatic N) is 2. The SMILES string of the molecule is CN(C)c1cc(NC2CCC(NC(=O)NC(c3ccccc3)c3ccccc3)CC2)nc2ccccc12. The zero-order valence-corrected chi connectivity index (χ0v) is 21.5. The number of para-hydroxylation sites is 1. The van der Waals surface area contributed by atoms with E-state index in [9.17, 15) is 4.79 Å². The maximum Gasteiger partial charge on any atom is 0.315 e. The highest BCUT2D eigenvalue weighted by Crippen LogP contribution is 2.29. The van der Waals surface area contributed by atoms with Gasteiger partial charge in [0.05, 0.1) is 11.6 Å². The lowest BCUT2D eigenvalue weighted by Crippen LogP contribution is -2.46. The number of benzene rings is 3. The first-order valence-electron chi connectivity index (χ1n) is 13.1. The number of hydrogen-bond donors (Lipinski definition) is 3. The summed E-state index contributed by atoms with van der Waals surface area (Å²) in [5.74, 6) is 0.908. The summed E-state index contributed by atoms with van der Waals surface area (Å²) < 4.78 is 0. The summed E-state index contributed by atoms with van der Waals surface area (Å²) in [6.45, 7) is 0. The molecule has 0 unspecified atom stereocenters. The predicted octanol–water partition coefficient (Wildman–Crippen LogP) is 6.11. The first-order valence-corrected chi connectivity index (χ1v) is 13.1. The average Bonchev–Trinajstić information content (AvgIpc) is 2.93. The van der Waals surface area contributed by atoms with Crippen LogP contribution >= 0.6 is 0 Å². The van der Waals surface area contributed by atoms with E-state index in [0.29, 0.717) is 6.04 Å². The number of fused-ring (bicyclic) bond motifs is 1. The molecule has 190 valence electrons. The van der Waals surface area contributed by atoms with Crippen molar-refractivity contribution in [2.75, 3.05) is 24.3 Å². The molecule has 1 aliphatic rings. The predicted molar refractivity (Wildman–Crippen MR) is 152 cm³/mol. The van der Waals surface area contributed by atoms with Crippen LogP contribution in [0, 0.1) is 0 Å². The van der Waals surface area contributed by atoms with E-state index >= 15 is 0 Å². The maximum atomic E-state index is 13.0. The summed E-state index contributed by atoms with van der Waals surface area (Å²) in [4.78, 5) is 20.0. The van der Waals surface area contributed by atoms with Gasteiger partial charge < -0.3 is 20.9 Å². The van der Waals surface area contributed by atoms with Gasteiger partial charge in [-0.15, -0.1) is 0 Å². The van der Waals surface area contributed by atoms with E-state index in [1.54, 1.807) is 0 Å². The summed E-state index contributed by atoms with van der Waals surface area (Å²) in [7, 11) is 4.13. The molecule has 1 saturated carbocycles. The Hall–Kier alpha value is -4.06. The van der Waals surface area contributed by atoms with Crippen molar-refractivity contribution < 1.29 is 4.79 Å². The molecule has 0 atom stereocenters. The topological polar surface area (TPSA) is 69.3 Å². The molecule has 0 spiro atoms. The first kappa shape index (κ1) is 24.6. The number of anilines is 2. The lowest BCUT2D eigenvalue weighted by molar-refractivity contribution is 0.229. The van der Waals surface area contributed by atoms with Crippen LogP contribution < -0.4 is 20.9 Å². The quantitative estimate of drug-likeness (QED) is 0.290. The summed E-state index contributed by atoms with van der Waals surface area (Å²) >= 11 is 0. The van der Waals surface area contributed by atoms with Gasteiger partial charge in [-0.2, -0.15) is 0 Å². The van der Waals surface area contributed by atoms with Crippen molar-refractivity contribution >= 4 is 28.4 Å². The highest BCUT2D eigenvalue weighted by atomic mass is 16.2. The number of aromatic nitrogens is 1. The second-order valence-corrected chi connectivity index (χ2v) is 10.0. The van der Waals surface area contributed by atoms with Gasteiger partial charge in [-0.3, -0.25) is 0 Å². The van der Waals surface area contributed by atoms with Crippen molar-refractivity contribution in [2.45, 2.75) is 43.8 Å². The Labute approximate surface area is 219 Å². The van der Waals surface area contributed by atoms with E-state index in [2.05, 4.69) is 83.5 Å². The Morgan fingerprint density at radius 1 is 0.811 bits per heavy atom. The lowest BCUT2D eigenvalue weighted by atomic mass is 9.91. The number of carbonyl (C=O) groups is 1. The fourth-order valence-electron chi connectivity index (χ4n) is 5.20. The third kappa shape index (κ3) is 6.02. The van der Waals surface area contributed by atoms with Gasteiger partial charge in [-0.1, -0.05) is 78.9 Å². The Kier molecular flexibility index (Phi) is 7.54. The summed E-state index contributed by atoms with van der Waals surface area (Å²) in [5, 5.41) is 11.2. The minimum atomic E-state index is -0.190. The van der Waals surface area contributed by atoms with Crippen molar-refractivity contribution in [2.24, 2.45) is 0 Å². The van der Waals surface area contributed by atoms with Crippen LogP contribution in [0.2, 0.25) is 0 Å². The molecule has 1 aromatic heterocycles. The summed E-state index contributed by atoms with van der Waals surface area (Å²) in [6, 6.07) is 30.8. The number of rotatable bonds is 7. The fourth-order valence-corrected chi connectivity index (χ4v) is 5.20. The molecule has 6 nitrogen and oxygen atoms in total. The first-order chi connectivity index (χ1) is 18.1. The summed E-state index contributed by atoms with van der Waals surface area (Å²) in [5.41, 5.74) is 4.29. The molecular weight excluding hydrogens is 458 g/mol. The molecule has 0 bridgehead atoms. The third-order valence-corrected chi connectivity index (χ3v) is 7.13. The van der Waals surface area contributed by atoms with Gasteiger partial charge in [0, 0.05) is 43.3 Å². The van der Waals surface area contributed by atoms with E-state index in [4.69, 9.17) is 4.98 Å². The van der Waals surface area contributed by atoms with Gasteiger partial charge >= 0.3 is 6.03 Å². The zero-order chi connectivity index (χ0) is 25.6. The maximum absolute atomic E-state index is 13.0. The van der Waals surface area contributed by atoms with Gasteiger partial charge in [-0.25, -0.2) is 9.78 Å². The molecule has 0 aliphatic heterocycles. The van der Waals surface area contributed by atoms with Crippen LogP contribution in [0.25, 0.3) is 10.9 Å². The molecule has 1 heterocycles. The minimum Gasteiger partial charge on any atom is -0.377 e. The lowest BCUT2D eigenvalue weighted by Gasteiger charge is -2.31. The van der Waals surface area contributed by atoms with Crippen LogP contribution in [0.15, 0.2) is 91.0 Å². The largest absolute Gasteiger partial charge is 0.377 e. The van der Waals surface area contributed by atoms with Gasteiger partial charge in [0.25, 0.3) is 0 Å². The Balaban J connectivity index is 1.18. The Bertz CT molecular complexity index is 1280. The van der Waals surface area contributed by atoms with Gasteiger partial charge in [0.1, 0.15) is 5.82 Å². The standard InChI is InChI=1S/C31H35N5O/c1-36(2)28-21-29(34-27-16-10-9-15-26(27)28)32-24-17-19-25(20-18-24)33-31(37)35-30(22-11-5-3-6-12-22)23-13-7-4-8-14-23/h3-16,21,24-25,30H,17-20H2,1-2H3,(H,32,34)(H2,33,35,37). The van der Waals surface area contributed by atoms with E-state index in [0.717, 1.165) is 59.2 Å². The number of pyridine rings is 1. The molecule has 0 radical (unpaired) electrons. The molecule has 2 amide bonds. The normalized spacial score (nSPS) is 17.4. The molecule has 3 aromatic carbocycles. The zero-order valence-electron chi connectivity index (χ0n) is 21.5. The molecule has 6 heteroatoms. The van der Waals surface area contributed by atoms with Crippen molar-refractivity contribution in [1.82, 2.24) is 15.6 Å². The van der Waals surface area contributed by atoms with Gasteiger partial charge in [0.2, 0.25) is 0 Å². The highest BCUT2D eigenvalue weighted by Gasteiger charge is 2.24. The second-order valence-electron chi connectivity index (χ2n) is 10.0.